The van der Waals surface area contributed by atoms with E-state index >= 15 is 0 Å². The van der Waals surface area contributed by atoms with Gasteiger partial charge in [0.25, 0.3) is 0 Å². The summed E-state index contributed by atoms with van der Waals surface area (Å²) in [7, 11) is -3.60. The van der Waals surface area contributed by atoms with Crippen LogP contribution in [-0.2, 0) is 32.6 Å². The van der Waals surface area contributed by atoms with Crippen molar-refractivity contribution in [1.29, 1.82) is 0 Å². The van der Waals surface area contributed by atoms with Crippen molar-refractivity contribution in [2.45, 2.75) is 65.6 Å². The average molecular weight is 633 g/mol. The number of carbonyl (C=O) groups is 2. The molecule has 2 amide bonds. The fraction of sp³-hybridized carbons (Fsp3) is 0.375. The average Bonchev–Trinajstić information content (AvgIpc) is 2.88. The quantitative estimate of drug-likeness (QED) is 0.239. The van der Waals surface area contributed by atoms with E-state index in [1.165, 1.54) is 9.21 Å². The zero-order chi connectivity index (χ0) is 31.0. The molecule has 0 aromatic heterocycles. The van der Waals surface area contributed by atoms with Crippen LogP contribution in [0.15, 0.2) is 66.7 Å². The molecule has 1 N–H and O–H groups in total. The summed E-state index contributed by atoms with van der Waals surface area (Å²) in [5.41, 5.74) is 3.87. The van der Waals surface area contributed by atoms with E-state index in [0.29, 0.717) is 21.3 Å². The van der Waals surface area contributed by atoms with Crippen molar-refractivity contribution in [3.05, 3.63) is 99.0 Å². The second-order valence-electron chi connectivity index (χ2n) is 10.9. The summed E-state index contributed by atoms with van der Waals surface area (Å²) < 4.78 is 26.8. The minimum atomic E-state index is -3.60. The van der Waals surface area contributed by atoms with Gasteiger partial charge in [-0.2, -0.15) is 0 Å². The second kappa shape index (κ2) is 14.9. The van der Waals surface area contributed by atoms with E-state index in [0.717, 1.165) is 22.9 Å². The first kappa shape index (κ1) is 33.4. The van der Waals surface area contributed by atoms with Crippen molar-refractivity contribution in [2.24, 2.45) is 0 Å². The van der Waals surface area contributed by atoms with Gasteiger partial charge in [0.15, 0.2) is 0 Å². The van der Waals surface area contributed by atoms with Crippen LogP contribution in [0.1, 0.15) is 48.9 Å². The monoisotopic (exact) mass is 631 g/mol. The number of sulfonamides is 1. The molecule has 0 radical (unpaired) electrons. The Morgan fingerprint density at radius 3 is 2.05 bits per heavy atom. The largest absolute Gasteiger partial charge is 0.352 e. The zero-order valence-electron chi connectivity index (χ0n) is 24.7. The zero-order valence-corrected chi connectivity index (χ0v) is 27.1. The Balaban J connectivity index is 1.94. The minimum Gasteiger partial charge on any atom is -0.352 e. The van der Waals surface area contributed by atoms with Crippen molar-refractivity contribution in [2.75, 3.05) is 17.1 Å². The number of nitrogens with zero attached hydrogens (tertiary/aromatic N) is 2. The molecule has 42 heavy (non-hydrogen) atoms. The maximum Gasteiger partial charge on any atom is 0.243 e. The Hall–Kier alpha value is -3.07. The highest BCUT2D eigenvalue weighted by Crippen LogP contribution is 2.28. The van der Waals surface area contributed by atoms with Crippen LogP contribution >= 0.6 is 23.2 Å². The number of rotatable bonds is 13. The molecule has 0 spiro atoms. The molecular formula is C32H39Cl2N3O4S. The number of carbonyl (C=O) groups excluding carboxylic acids is 2. The third kappa shape index (κ3) is 9.48. The van der Waals surface area contributed by atoms with Gasteiger partial charge >= 0.3 is 0 Å². The van der Waals surface area contributed by atoms with Gasteiger partial charge < -0.3 is 10.2 Å². The first-order valence-electron chi connectivity index (χ1n) is 13.9. The number of halogens is 2. The predicted octanol–water partition coefficient (Wildman–Crippen LogP) is 6.32. The molecule has 0 saturated carbocycles. The molecule has 0 aliphatic carbocycles. The molecule has 0 fully saturated rings. The van der Waals surface area contributed by atoms with E-state index in [-0.39, 0.29) is 50.2 Å². The minimum absolute atomic E-state index is 0.0130. The Morgan fingerprint density at radius 2 is 1.50 bits per heavy atom. The maximum atomic E-state index is 14.0. The van der Waals surface area contributed by atoms with Crippen LogP contribution in [0.2, 0.25) is 10.0 Å². The number of amides is 2. The Kier molecular flexibility index (Phi) is 11.9. The smallest absolute Gasteiger partial charge is 0.243 e. The SMILES string of the molecule is Cc1cc(C)cc(N(CCCC(=O)N(Cc2c(Cl)cccc2Cl)C(Cc2ccccc2)C(=O)NC(C)C)S(C)(=O)=O)c1. The summed E-state index contributed by atoms with van der Waals surface area (Å²) in [4.78, 5) is 29.0. The number of nitrogens with one attached hydrogen (secondary N) is 1. The molecule has 0 heterocycles. The Morgan fingerprint density at radius 1 is 0.905 bits per heavy atom. The normalized spacial score (nSPS) is 12.2. The van der Waals surface area contributed by atoms with Crippen LogP contribution in [0.3, 0.4) is 0 Å². The molecule has 3 aromatic carbocycles. The van der Waals surface area contributed by atoms with Gasteiger partial charge in [-0.15, -0.1) is 0 Å². The van der Waals surface area contributed by atoms with E-state index in [2.05, 4.69) is 5.32 Å². The standard InChI is InChI=1S/C32H39Cl2N3O4S/c1-22(2)35-32(39)30(20-25-11-7-6-8-12-25)36(21-27-28(33)13-9-14-29(27)34)31(38)15-10-16-37(42(5,40)41)26-18-23(3)17-24(4)19-26/h6-9,11-14,17-19,22,30H,10,15-16,20-21H2,1-5H3,(H,35,39). The third-order valence-corrected chi connectivity index (χ3v) is 8.64. The molecule has 0 bridgehead atoms. The highest BCUT2D eigenvalue weighted by atomic mass is 35.5. The molecule has 7 nitrogen and oxygen atoms in total. The van der Waals surface area contributed by atoms with Crippen LogP contribution in [0, 0.1) is 13.8 Å². The predicted molar refractivity (Wildman–Crippen MR) is 172 cm³/mol. The number of hydrogen-bond donors (Lipinski definition) is 1. The lowest BCUT2D eigenvalue weighted by atomic mass is 10.0. The summed E-state index contributed by atoms with van der Waals surface area (Å²) in [5, 5.41) is 3.73. The molecule has 226 valence electrons. The molecule has 3 aromatic rings. The first-order chi connectivity index (χ1) is 19.8. The lowest BCUT2D eigenvalue weighted by Gasteiger charge is -2.33. The highest BCUT2D eigenvalue weighted by molar-refractivity contribution is 7.92. The molecule has 0 aliphatic heterocycles. The molecular weight excluding hydrogens is 593 g/mol. The topological polar surface area (TPSA) is 86.8 Å². The lowest BCUT2D eigenvalue weighted by molar-refractivity contribution is -0.141. The van der Waals surface area contributed by atoms with Gasteiger partial charge in [0.2, 0.25) is 21.8 Å². The second-order valence-corrected chi connectivity index (χ2v) is 13.6. The van der Waals surface area contributed by atoms with E-state index in [9.17, 15) is 18.0 Å². The van der Waals surface area contributed by atoms with E-state index in [1.807, 2.05) is 76.2 Å². The van der Waals surface area contributed by atoms with Gasteiger partial charge in [-0.1, -0.05) is 65.7 Å². The van der Waals surface area contributed by atoms with E-state index < -0.39 is 16.1 Å². The molecule has 1 atom stereocenters. The number of anilines is 1. The van der Waals surface area contributed by atoms with Gasteiger partial charge in [-0.25, -0.2) is 8.42 Å². The van der Waals surface area contributed by atoms with E-state index in [4.69, 9.17) is 23.2 Å². The fourth-order valence-corrected chi connectivity index (χ4v) is 6.35. The van der Waals surface area contributed by atoms with Crippen molar-refractivity contribution in [3.8, 4) is 0 Å². The number of aryl methyl sites for hydroxylation is 2. The van der Waals surface area contributed by atoms with Crippen LogP contribution in [-0.4, -0.2) is 50.0 Å². The van der Waals surface area contributed by atoms with Crippen molar-refractivity contribution in [1.82, 2.24) is 10.2 Å². The Labute approximate surface area is 259 Å². The van der Waals surface area contributed by atoms with Gasteiger partial charge in [0, 0.05) is 47.6 Å². The van der Waals surface area contributed by atoms with Crippen molar-refractivity contribution >= 4 is 50.7 Å². The summed E-state index contributed by atoms with van der Waals surface area (Å²) in [6.07, 6.45) is 1.70. The maximum absolute atomic E-state index is 14.0. The van der Waals surface area contributed by atoms with Crippen LogP contribution < -0.4 is 9.62 Å². The van der Waals surface area contributed by atoms with Crippen LogP contribution in [0.5, 0.6) is 0 Å². The third-order valence-electron chi connectivity index (χ3n) is 6.74. The molecule has 3 rings (SSSR count). The molecule has 0 aliphatic rings. The first-order valence-corrected chi connectivity index (χ1v) is 16.5. The number of hydrogen-bond acceptors (Lipinski definition) is 4. The van der Waals surface area contributed by atoms with Crippen molar-refractivity contribution in [3.63, 3.8) is 0 Å². The summed E-state index contributed by atoms with van der Waals surface area (Å²) in [6, 6.07) is 19.2. The van der Waals surface area contributed by atoms with Crippen LogP contribution in [0.4, 0.5) is 5.69 Å². The molecule has 0 saturated heterocycles. The highest BCUT2D eigenvalue weighted by Gasteiger charge is 2.31. The summed E-state index contributed by atoms with van der Waals surface area (Å²) >= 11 is 13.0. The van der Waals surface area contributed by atoms with Gasteiger partial charge in [0.1, 0.15) is 6.04 Å². The van der Waals surface area contributed by atoms with Gasteiger partial charge in [-0.3, -0.25) is 13.9 Å². The van der Waals surface area contributed by atoms with Crippen LogP contribution in [0.25, 0.3) is 0 Å². The Bertz CT molecular complexity index is 1460. The van der Waals surface area contributed by atoms with Gasteiger partial charge in [-0.05, 0) is 75.1 Å². The lowest BCUT2D eigenvalue weighted by Crippen LogP contribution is -2.52. The molecule has 10 heteroatoms. The van der Waals surface area contributed by atoms with Crippen molar-refractivity contribution < 1.29 is 18.0 Å². The van der Waals surface area contributed by atoms with E-state index in [1.54, 1.807) is 18.2 Å². The fourth-order valence-electron chi connectivity index (χ4n) is 4.89. The molecule has 1 unspecified atom stereocenters. The number of benzene rings is 3. The summed E-state index contributed by atoms with van der Waals surface area (Å²) in [6.45, 7) is 7.67. The van der Waals surface area contributed by atoms with Gasteiger partial charge in [0.05, 0.1) is 11.9 Å². The summed E-state index contributed by atoms with van der Waals surface area (Å²) in [5.74, 6) is -0.599.